The van der Waals surface area contributed by atoms with Gasteiger partial charge in [-0.25, -0.2) is 13.4 Å². The van der Waals surface area contributed by atoms with Crippen molar-refractivity contribution < 1.29 is 13.2 Å². The highest BCUT2D eigenvalue weighted by atomic mass is 32.2. The zero-order valence-corrected chi connectivity index (χ0v) is 19.8. The molecule has 10 heteroatoms. The molecule has 0 atom stereocenters. The maximum absolute atomic E-state index is 13.1. The normalized spacial score (nSPS) is 14.8. The topological polar surface area (TPSA) is 101 Å². The molecule has 2 aromatic heterocycles. The van der Waals surface area contributed by atoms with Crippen molar-refractivity contribution in [3.63, 3.8) is 0 Å². The van der Waals surface area contributed by atoms with Crippen molar-refractivity contribution in [1.82, 2.24) is 19.5 Å². The molecule has 0 amide bonds. The molecule has 0 bridgehead atoms. The van der Waals surface area contributed by atoms with E-state index in [-0.39, 0.29) is 4.90 Å². The van der Waals surface area contributed by atoms with Crippen LogP contribution in [-0.2, 0) is 10.0 Å². The molecular weight excluding hydrogens is 440 g/mol. The SMILES string of the molecule is CCOc1ccc(S(=O)(=O)N2CCN(c3ccc(Nc4ccc(C)cn4)nn3)CC2)cc1C. The van der Waals surface area contributed by atoms with E-state index >= 15 is 0 Å². The first-order valence-corrected chi connectivity index (χ1v) is 12.3. The van der Waals surface area contributed by atoms with Gasteiger partial charge in [-0.1, -0.05) is 6.07 Å². The lowest BCUT2D eigenvalue weighted by Gasteiger charge is -2.34. The van der Waals surface area contributed by atoms with Gasteiger partial charge in [0.25, 0.3) is 0 Å². The van der Waals surface area contributed by atoms with Crippen molar-refractivity contribution in [3.8, 4) is 5.75 Å². The van der Waals surface area contributed by atoms with Gasteiger partial charge in [0.2, 0.25) is 10.0 Å². The van der Waals surface area contributed by atoms with Gasteiger partial charge in [-0.2, -0.15) is 4.31 Å². The van der Waals surface area contributed by atoms with Crippen molar-refractivity contribution in [1.29, 1.82) is 0 Å². The highest BCUT2D eigenvalue weighted by molar-refractivity contribution is 7.89. The first-order chi connectivity index (χ1) is 15.9. The lowest BCUT2D eigenvalue weighted by Crippen LogP contribution is -2.49. The van der Waals surface area contributed by atoms with Gasteiger partial charge in [0.15, 0.2) is 11.6 Å². The first kappa shape index (κ1) is 22.9. The minimum Gasteiger partial charge on any atom is -0.494 e. The van der Waals surface area contributed by atoms with Crippen LogP contribution in [0.15, 0.2) is 53.6 Å². The fraction of sp³-hybridized carbons (Fsp3) is 0.348. The molecule has 0 radical (unpaired) electrons. The van der Waals surface area contributed by atoms with E-state index < -0.39 is 10.0 Å². The molecule has 1 aromatic carbocycles. The van der Waals surface area contributed by atoms with Gasteiger partial charge >= 0.3 is 0 Å². The van der Waals surface area contributed by atoms with E-state index in [1.54, 1.807) is 24.4 Å². The van der Waals surface area contributed by atoms with Crippen molar-refractivity contribution in [2.75, 3.05) is 43.0 Å². The van der Waals surface area contributed by atoms with Crippen LogP contribution < -0.4 is 15.0 Å². The molecule has 0 aliphatic carbocycles. The molecule has 0 saturated carbocycles. The molecule has 174 valence electrons. The molecule has 3 aromatic rings. The number of benzene rings is 1. The van der Waals surface area contributed by atoms with E-state index in [0.29, 0.717) is 56.0 Å². The molecule has 0 unspecified atom stereocenters. The molecule has 1 fully saturated rings. The molecule has 1 saturated heterocycles. The molecule has 1 aliphatic heterocycles. The molecule has 33 heavy (non-hydrogen) atoms. The Kier molecular flexibility index (Phi) is 6.75. The number of nitrogens with zero attached hydrogens (tertiary/aromatic N) is 5. The van der Waals surface area contributed by atoms with Crippen LogP contribution in [0.3, 0.4) is 0 Å². The van der Waals surface area contributed by atoms with E-state index in [2.05, 4.69) is 20.5 Å². The highest BCUT2D eigenvalue weighted by Crippen LogP contribution is 2.25. The monoisotopic (exact) mass is 468 g/mol. The number of piperazine rings is 1. The standard InChI is InChI=1S/C23H28N6O3S/c1-4-32-20-7-6-19(15-18(20)3)33(30,31)29-13-11-28(12-14-29)23-10-9-22(26-27-23)25-21-8-5-17(2)16-24-21/h5-10,15-16H,4,11-14H2,1-3H3,(H,24,25,26). The number of aromatic nitrogens is 3. The lowest BCUT2D eigenvalue weighted by atomic mass is 10.2. The maximum atomic E-state index is 13.1. The third kappa shape index (κ3) is 5.23. The molecular formula is C23H28N6O3S. The van der Waals surface area contributed by atoms with Crippen molar-refractivity contribution >= 4 is 27.5 Å². The Morgan fingerprint density at radius 3 is 2.33 bits per heavy atom. The molecule has 1 aliphatic rings. The van der Waals surface area contributed by atoms with Gasteiger partial charge in [0.1, 0.15) is 11.6 Å². The third-order valence-corrected chi connectivity index (χ3v) is 7.36. The van der Waals surface area contributed by atoms with Gasteiger partial charge < -0.3 is 15.0 Å². The minimum atomic E-state index is -3.57. The number of sulfonamides is 1. The Labute approximate surface area is 194 Å². The smallest absolute Gasteiger partial charge is 0.243 e. The predicted octanol–water partition coefficient (Wildman–Crippen LogP) is 3.14. The van der Waals surface area contributed by atoms with Crippen molar-refractivity contribution in [2.45, 2.75) is 25.7 Å². The number of pyridine rings is 1. The van der Waals surface area contributed by atoms with Crippen molar-refractivity contribution in [3.05, 3.63) is 59.8 Å². The van der Waals surface area contributed by atoms with E-state index in [1.807, 2.05) is 49.9 Å². The summed E-state index contributed by atoms with van der Waals surface area (Å²) in [5, 5.41) is 11.7. The van der Waals surface area contributed by atoms with Crippen LogP contribution in [-0.4, -0.2) is 60.7 Å². The zero-order valence-electron chi connectivity index (χ0n) is 19.0. The maximum Gasteiger partial charge on any atom is 0.243 e. The van der Waals surface area contributed by atoms with Crippen LogP contribution >= 0.6 is 0 Å². The quantitative estimate of drug-likeness (QED) is 0.564. The van der Waals surface area contributed by atoms with Crippen LogP contribution in [0.25, 0.3) is 0 Å². The molecule has 9 nitrogen and oxygen atoms in total. The second kappa shape index (κ2) is 9.72. The highest BCUT2D eigenvalue weighted by Gasteiger charge is 2.29. The molecule has 0 spiro atoms. The molecule has 3 heterocycles. The number of nitrogens with one attached hydrogen (secondary N) is 1. The number of hydrogen-bond donors (Lipinski definition) is 1. The van der Waals surface area contributed by atoms with E-state index in [9.17, 15) is 8.42 Å². The predicted molar refractivity (Wildman–Crippen MR) is 128 cm³/mol. The number of rotatable bonds is 7. The summed E-state index contributed by atoms with van der Waals surface area (Å²) in [6.07, 6.45) is 1.78. The summed E-state index contributed by atoms with van der Waals surface area (Å²) in [5.74, 6) is 2.72. The Bertz CT molecular complexity index is 1190. The fourth-order valence-corrected chi connectivity index (χ4v) is 5.15. The Morgan fingerprint density at radius 2 is 1.73 bits per heavy atom. The van der Waals surface area contributed by atoms with Gasteiger partial charge in [0, 0.05) is 32.4 Å². The number of aryl methyl sites for hydroxylation is 2. The lowest BCUT2D eigenvalue weighted by molar-refractivity contribution is 0.337. The summed E-state index contributed by atoms with van der Waals surface area (Å²) in [7, 11) is -3.57. The van der Waals surface area contributed by atoms with E-state index in [1.165, 1.54) is 4.31 Å². The molecule has 4 rings (SSSR count). The number of anilines is 3. The van der Waals surface area contributed by atoms with E-state index in [0.717, 1.165) is 11.1 Å². The van der Waals surface area contributed by atoms with Crippen LogP contribution in [0.1, 0.15) is 18.1 Å². The summed E-state index contributed by atoms with van der Waals surface area (Å²) in [5.41, 5.74) is 1.89. The number of ether oxygens (including phenoxy) is 1. The van der Waals surface area contributed by atoms with Crippen LogP contribution in [0.4, 0.5) is 17.5 Å². The summed E-state index contributed by atoms with van der Waals surface area (Å²) in [4.78, 5) is 6.63. The summed E-state index contributed by atoms with van der Waals surface area (Å²) in [6, 6.07) is 12.6. The Hall–Kier alpha value is -3.24. The first-order valence-electron chi connectivity index (χ1n) is 10.9. The zero-order chi connectivity index (χ0) is 23.4. The molecule has 1 N–H and O–H groups in total. The van der Waals surface area contributed by atoms with Crippen molar-refractivity contribution in [2.24, 2.45) is 0 Å². The average Bonchev–Trinajstić information content (AvgIpc) is 2.82. The van der Waals surface area contributed by atoms with Gasteiger partial charge in [-0.3, -0.25) is 0 Å². The van der Waals surface area contributed by atoms with Gasteiger partial charge in [-0.15, -0.1) is 10.2 Å². The number of hydrogen-bond acceptors (Lipinski definition) is 8. The fourth-order valence-electron chi connectivity index (χ4n) is 3.64. The van der Waals surface area contributed by atoms with Gasteiger partial charge in [-0.05, 0) is 68.3 Å². The van der Waals surface area contributed by atoms with Crippen LogP contribution in [0.5, 0.6) is 5.75 Å². The van der Waals surface area contributed by atoms with Crippen LogP contribution in [0.2, 0.25) is 0 Å². The third-order valence-electron chi connectivity index (χ3n) is 5.46. The van der Waals surface area contributed by atoms with E-state index in [4.69, 9.17) is 4.74 Å². The Morgan fingerprint density at radius 1 is 0.970 bits per heavy atom. The second-order valence-corrected chi connectivity index (χ2v) is 9.81. The Balaban J connectivity index is 1.38. The largest absolute Gasteiger partial charge is 0.494 e. The average molecular weight is 469 g/mol. The summed E-state index contributed by atoms with van der Waals surface area (Å²) >= 11 is 0. The summed E-state index contributed by atoms with van der Waals surface area (Å²) in [6.45, 7) is 8.11. The van der Waals surface area contributed by atoms with Crippen LogP contribution in [0, 0.1) is 13.8 Å². The summed E-state index contributed by atoms with van der Waals surface area (Å²) < 4.78 is 33.3. The minimum absolute atomic E-state index is 0.289. The van der Waals surface area contributed by atoms with Gasteiger partial charge in [0.05, 0.1) is 11.5 Å². The second-order valence-electron chi connectivity index (χ2n) is 7.87.